The van der Waals surface area contributed by atoms with Crippen LogP contribution < -0.4 is 10.6 Å². The molecule has 1 aliphatic heterocycles. The molecule has 0 atom stereocenters. The molecular formula is C20H26ClN3O. The van der Waals surface area contributed by atoms with Crippen molar-refractivity contribution >= 4 is 24.0 Å². The van der Waals surface area contributed by atoms with Gasteiger partial charge in [0.15, 0.2) is 0 Å². The minimum Gasteiger partial charge on any atom is -0.371 e. The maximum atomic E-state index is 12.6. The lowest BCUT2D eigenvalue weighted by Gasteiger charge is -2.38. The standard InChI is InChI=1S/C20H25N3O.ClH/c1-22(18-5-3-2-4-6-18)19-11-13-23(14-12-19)20(24)17-9-7-16(15-21)8-10-17;/h2-10,19H,11-15,21H2,1H3;1H. The molecule has 2 aromatic carbocycles. The summed E-state index contributed by atoms with van der Waals surface area (Å²) in [5.41, 5.74) is 8.65. The van der Waals surface area contributed by atoms with Gasteiger partial charge in [0.1, 0.15) is 0 Å². The quantitative estimate of drug-likeness (QED) is 0.911. The van der Waals surface area contributed by atoms with E-state index in [-0.39, 0.29) is 18.3 Å². The molecule has 4 nitrogen and oxygen atoms in total. The molecule has 0 aliphatic carbocycles. The van der Waals surface area contributed by atoms with Crippen LogP contribution in [0.15, 0.2) is 54.6 Å². The normalized spacial score (nSPS) is 14.7. The van der Waals surface area contributed by atoms with E-state index < -0.39 is 0 Å². The van der Waals surface area contributed by atoms with Crippen molar-refractivity contribution in [1.29, 1.82) is 0 Å². The van der Waals surface area contributed by atoms with Crippen molar-refractivity contribution in [2.45, 2.75) is 25.4 Å². The Kier molecular flexibility index (Phi) is 6.85. The van der Waals surface area contributed by atoms with Crippen LogP contribution in [0, 0.1) is 0 Å². The lowest BCUT2D eigenvalue weighted by Crippen LogP contribution is -2.45. The second-order valence-corrected chi connectivity index (χ2v) is 6.37. The molecule has 2 N–H and O–H groups in total. The van der Waals surface area contributed by atoms with Gasteiger partial charge in [0.2, 0.25) is 0 Å². The largest absolute Gasteiger partial charge is 0.371 e. The SMILES string of the molecule is CN(c1ccccc1)C1CCN(C(=O)c2ccc(CN)cc2)CC1.Cl. The zero-order valence-electron chi connectivity index (χ0n) is 14.6. The van der Waals surface area contributed by atoms with E-state index in [0.29, 0.717) is 12.6 Å². The summed E-state index contributed by atoms with van der Waals surface area (Å²) >= 11 is 0. The molecule has 0 bridgehead atoms. The first kappa shape index (κ1) is 19.3. The van der Waals surface area contributed by atoms with Gasteiger partial charge in [0.05, 0.1) is 0 Å². The summed E-state index contributed by atoms with van der Waals surface area (Å²) in [4.78, 5) is 16.9. The number of anilines is 1. The van der Waals surface area contributed by atoms with Gasteiger partial charge in [-0.2, -0.15) is 0 Å². The molecule has 0 unspecified atom stereocenters. The van der Waals surface area contributed by atoms with E-state index in [1.165, 1.54) is 5.69 Å². The van der Waals surface area contributed by atoms with E-state index in [9.17, 15) is 4.79 Å². The number of carbonyl (C=O) groups is 1. The number of benzene rings is 2. The molecule has 1 aliphatic rings. The maximum Gasteiger partial charge on any atom is 0.253 e. The Balaban J connectivity index is 0.00000225. The minimum atomic E-state index is 0. The summed E-state index contributed by atoms with van der Waals surface area (Å²) in [6.45, 7) is 2.12. The number of piperidine rings is 1. The van der Waals surface area contributed by atoms with Gasteiger partial charge in [-0.1, -0.05) is 30.3 Å². The predicted molar refractivity (Wildman–Crippen MR) is 105 cm³/mol. The average molecular weight is 360 g/mol. The van der Waals surface area contributed by atoms with E-state index in [4.69, 9.17) is 5.73 Å². The van der Waals surface area contributed by atoms with Crippen molar-refractivity contribution < 1.29 is 4.79 Å². The number of likely N-dealkylation sites (tertiary alicyclic amines) is 1. The number of amides is 1. The number of nitrogens with two attached hydrogens (primary N) is 1. The fraction of sp³-hybridized carbons (Fsp3) is 0.350. The highest BCUT2D eigenvalue weighted by Crippen LogP contribution is 2.22. The summed E-state index contributed by atoms with van der Waals surface area (Å²) < 4.78 is 0. The summed E-state index contributed by atoms with van der Waals surface area (Å²) in [7, 11) is 2.14. The van der Waals surface area contributed by atoms with Crippen molar-refractivity contribution in [1.82, 2.24) is 4.90 Å². The van der Waals surface area contributed by atoms with Gasteiger partial charge in [-0.05, 0) is 42.7 Å². The average Bonchev–Trinajstić information content (AvgIpc) is 2.68. The van der Waals surface area contributed by atoms with E-state index in [1.807, 2.05) is 35.2 Å². The lowest BCUT2D eigenvalue weighted by atomic mass is 10.0. The van der Waals surface area contributed by atoms with Crippen LogP contribution in [-0.4, -0.2) is 37.0 Å². The van der Waals surface area contributed by atoms with Crippen LogP contribution >= 0.6 is 12.4 Å². The van der Waals surface area contributed by atoms with Gasteiger partial charge >= 0.3 is 0 Å². The first-order valence-corrected chi connectivity index (χ1v) is 8.55. The van der Waals surface area contributed by atoms with Gasteiger partial charge in [-0.3, -0.25) is 4.79 Å². The molecule has 134 valence electrons. The molecule has 0 saturated carbocycles. The van der Waals surface area contributed by atoms with Crippen LogP contribution in [0.25, 0.3) is 0 Å². The first-order chi connectivity index (χ1) is 11.7. The van der Waals surface area contributed by atoms with E-state index in [1.54, 1.807) is 0 Å². The van der Waals surface area contributed by atoms with Gasteiger partial charge in [0.25, 0.3) is 5.91 Å². The zero-order chi connectivity index (χ0) is 16.9. The summed E-state index contributed by atoms with van der Waals surface area (Å²) in [5, 5.41) is 0. The third-order valence-electron chi connectivity index (χ3n) is 4.90. The summed E-state index contributed by atoms with van der Waals surface area (Å²) in [5.74, 6) is 0.124. The number of nitrogens with zero attached hydrogens (tertiary/aromatic N) is 2. The van der Waals surface area contributed by atoms with E-state index in [0.717, 1.165) is 37.1 Å². The van der Waals surface area contributed by atoms with Crippen LogP contribution in [0.3, 0.4) is 0 Å². The Bertz CT molecular complexity index is 667. The van der Waals surface area contributed by atoms with Crippen LogP contribution in [-0.2, 0) is 6.54 Å². The van der Waals surface area contributed by atoms with Crippen LogP contribution in [0.2, 0.25) is 0 Å². The number of rotatable bonds is 4. The van der Waals surface area contributed by atoms with Crippen molar-refractivity contribution in [2.24, 2.45) is 5.73 Å². The third kappa shape index (κ3) is 4.53. The lowest BCUT2D eigenvalue weighted by molar-refractivity contribution is 0.0713. The number of carbonyl (C=O) groups excluding carboxylic acids is 1. The van der Waals surface area contributed by atoms with Gasteiger partial charge in [0, 0.05) is 44.0 Å². The van der Waals surface area contributed by atoms with Gasteiger partial charge < -0.3 is 15.5 Å². The number of para-hydroxylation sites is 1. The third-order valence-corrected chi connectivity index (χ3v) is 4.90. The maximum absolute atomic E-state index is 12.6. The molecule has 1 heterocycles. The highest BCUT2D eigenvalue weighted by molar-refractivity contribution is 5.94. The molecule has 0 aromatic heterocycles. The Hall–Kier alpha value is -2.04. The molecule has 1 saturated heterocycles. The van der Waals surface area contributed by atoms with E-state index >= 15 is 0 Å². The topological polar surface area (TPSA) is 49.6 Å². The van der Waals surface area contributed by atoms with Crippen molar-refractivity contribution in [3.8, 4) is 0 Å². The van der Waals surface area contributed by atoms with Crippen molar-refractivity contribution in [3.05, 3.63) is 65.7 Å². The molecule has 5 heteroatoms. The Morgan fingerprint density at radius 2 is 1.68 bits per heavy atom. The molecule has 1 fully saturated rings. The fourth-order valence-corrected chi connectivity index (χ4v) is 3.30. The van der Waals surface area contributed by atoms with Crippen LogP contribution in [0.4, 0.5) is 5.69 Å². The molecule has 3 rings (SSSR count). The Labute approximate surface area is 156 Å². The zero-order valence-corrected chi connectivity index (χ0v) is 15.4. The van der Waals surface area contributed by atoms with Gasteiger partial charge in [-0.15, -0.1) is 12.4 Å². The Morgan fingerprint density at radius 3 is 2.24 bits per heavy atom. The molecule has 1 amide bonds. The first-order valence-electron chi connectivity index (χ1n) is 8.55. The summed E-state index contributed by atoms with van der Waals surface area (Å²) in [6.07, 6.45) is 2.00. The molecular weight excluding hydrogens is 334 g/mol. The molecule has 2 aromatic rings. The highest BCUT2D eigenvalue weighted by atomic mass is 35.5. The monoisotopic (exact) mass is 359 g/mol. The second kappa shape index (κ2) is 8.88. The van der Waals surface area contributed by atoms with E-state index in [2.05, 4.69) is 36.2 Å². The van der Waals surface area contributed by atoms with Gasteiger partial charge in [-0.25, -0.2) is 0 Å². The van der Waals surface area contributed by atoms with Crippen LogP contribution in [0.1, 0.15) is 28.8 Å². The predicted octanol–water partition coefficient (Wildman–Crippen LogP) is 3.31. The second-order valence-electron chi connectivity index (χ2n) is 6.37. The summed E-state index contributed by atoms with van der Waals surface area (Å²) in [6, 6.07) is 18.6. The fourth-order valence-electron chi connectivity index (χ4n) is 3.30. The molecule has 25 heavy (non-hydrogen) atoms. The van der Waals surface area contributed by atoms with Crippen molar-refractivity contribution in [2.75, 3.05) is 25.0 Å². The van der Waals surface area contributed by atoms with Crippen molar-refractivity contribution in [3.63, 3.8) is 0 Å². The highest BCUT2D eigenvalue weighted by Gasteiger charge is 2.26. The van der Waals surface area contributed by atoms with Crippen LogP contribution in [0.5, 0.6) is 0 Å². The molecule has 0 radical (unpaired) electrons. The smallest absolute Gasteiger partial charge is 0.253 e. The number of hydrogen-bond donors (Lipinski definition) is 1. The molecule has 0 spiro atoms. The number of hydrogen-bond acceptors (Lipinski definition) is 3. The Morgan fingerprint density at radius 1 is 1.08 bits per heavy atom. The number of halogens is 1. The minimum absolute atomic E-state index is 0.